The number of fused-ring (bicyclic) bond motifs is 1. The van der Waals surface area contributed by atoms with E-state index in [9.17, 15) is 4.79 Å². The van der Waals surface area contributed by atoms with Crippen molar-refractivity contribution in [3.8, 4) is 0 Å². The summed E-state index contributed by atoms with van der Waals surface area (Å²) >= 11 is 5.79. The molecular weight excluding hydrogens is 220 g/mol. The number of carboxylic acids is 1. The molecule has 2 aromatic rings. The van der Waals surface area contributed by atoms with Crippen LogP contribution in [0.2, 0.25) is 5.15 Å². The van der Waals surface area contributed by atoms with Crippen LogP contribution in [0.5, 0.6) is 0 Å². The van der Waals surface area contributed by atoms with Gasteiger partial charge in [0.15, 0.2) is 10.8 Å². The highest BCUT2D eigenvalue weighted by molar-refractivity contribution is 6.33. The normalized spacial score (nSPS) is 10.7. The average Bonchev–Trinajstić information content (AvgIpc) is 2.59. The molecule has 0 fully saturated rings. The SMILES string of the molecule is O=C(O)CCn1cnc2c(Cl)ncnc21. The first kappa shape index (κ1) is 9.85. The number of nitrogens with zero attached hydrogens (tertiary/aromatic N) is 4. The topological polar surface area (TPSA) is 80.9 Å². The monoisotopic (exact) mass is 226 g/mol. The fourth-order valence-corrected chi connectivity index (χ4v) is 1.41. The van der Waals surface area contributed by atoms with Gasteiger partial charge in [-0.1, -0.05) is 11.6 Å². The molecule has 0 aliphatic heterocycles. The molecule has 0 aliphatic rings. The number of aromatic nitrogens is 4. The van der Waals surface area contributed by atoms with Crippen LogP contribution in [0.25, 0.3) is 11.2 Å². The minimum Gasteiger partial charge on any atom is -0.481 e. The van der Waals surface area contributed by atoms with Crippen molar-refractivity contribution in [1.29, 1.82) is 0 Å². The second-order valence-corrected chi connectivity index (χ2v) is 3.28. The van der Waals surface area contributed by atoms with Gasteiger partial charge in [-0.15, -0.1) is 0 Å². The first-order valence-corrected chi connectivity index (χ1v) is 4.59. The molecule has 7 heteroatoms. The molecule has 0 atom stereocenters. The van der Waals surface area contributed by atoms with E-state index in [0.29, 0.717) is 17.7 Å². The Labute approximate surface area is 89.5 Å². The van der Waals surface area contributed by atoms with Gasteiger partial charge in [0.2, 0.25) is 0 Å². The fraction of sp³-hybridized carbons (Fsp3) is 0.250. The number of carboxylic acid groups (broad SMARTS) is 1. The van der Waals surface area contributed by atoms with Crippen LogP contribution in [0.4, 0.5) is 0 Å². The van der Waals surface area contributed by atoms with Crippen molar-refractivity contribution in [2.24, 2.45) is 0 Å². The van der Waals surface area contributed by atoms with E-state index in [4.69, 9.17) is 16.7 Å². The molecule has 0 unspecified atom stereocenters. The minimum atomic E-state index is -0.864. The van der Waals surface area contributed by atoms with Gasteiger partial charge in [-0.25, -0.2) is 15.0 Å². The molecule has 0 bridgehead atoms. The summed E-state index contributed by atoms with van der Waals surface area (Å²) < 4.78 is 1.64. The first-order valence-electron chi connectivity index (χ1n) is 4.21. The Hall–Kier alpha value is -1.69. The molecule has 0 spiro atoms. The summed E-state index contributed by atoms with van der Waals surface area (Å²) in [4.78, 5) is 22.2. The van der Waals surface area contributed by atoms with Crippen LogP contribution in [0.15, 0.2) is 12.7 Å². The summed E-state index contributed by atoms with van der Waals surface area (Å²) in [7, 11) is 0. The molecule has 6 nitrogen and oxygen atoms in total. The zero-order chi connectivity index (χ0) is 10.8. The Morgan fingerprint density at radius 2 is 2.27 bits per heavy atom. The maximum absolute atomic E-state index is 10.4. The Bertz CT molecular complexity index is 510. The van der Waals surface area contributed by atoms with Crippen LogP contribution < -0.4 is 0 Å². The van der Waals surface area contributed by atoms with E-state index in [1.54, 1.807) is 4.57 Å². The maximum Gasteiger partial charge on any atom is 0.305 e. The summed E-state index contributed by atoms with van der Waals surface area (Å²) in [6.45, 7) is 0.319. The van der Waals surface area contributed by atoms with Crippen molar-refractivity contribution < 1.29 is 9.90 Å². The van der Waals surface area contributed by atoms with E-state index in [-0.39, 0.29) is 11.6 Å². The Morgan fingerprint density at radius 3 is 3.00 bits per heavy atom. The highest BCUT2D eigenvalue weighted by atomic mass is 35.5. The molecule has 0 saturated heterocycles. The predicted molar refractivity (Wildman–Crippen MR) is 52.6 cm³/mol. The lowest BCUT2D eigenvalue weighted by atomic mass is 10.4. The van der Waals surface area contributed by atoms with Crippen LogP contribution in [0, 0.1) is 0 Å². The zero-order valence-corrected chi connectivity index (χ0v) is 8.35. The smallest absolute Gasteiger partial charge is 0.305 e. The molecule has 0 saturated carbocycles. The van der Waals surface area contributed by atoms with Crippen molar-refractivity contribution in [2.75, 3.05) is 0 Å². The summed E-state index contributed by atoms with van der Waals surface area (Å²) in [5, 5.41) is 8.82. The van der Waals surface area contributed by atoms with Crippen LogP contribution >= 0.6 is 11.6 Å². The Balaban J connectivity index is 2.37. The Kier molecular flexibility index (Phi) is 2.51. The van der Waals surface area contributed by atoms with Crippen molar-refractivity contribution in [2.45, 2.75) is 13.0 Å². The molecule has 15 heavy (non-hydrogen) atoms. The van der Waals surface area contributed by atoms with Crippen LogP contribution in [0.1, 0.15) is 6.42 Å². The molecule has 1 N–H and O–H groups in total. The number of halogens is 1. The van der Waals surface area contributed by atoms with Crippen molar-refractivity contribution in [3.63, 3.8) is 0 Å². The van der Waals surface area contributed by atoms with E-state index in [1.165, 1.54) is 12.7 Å². The van der Waals surface area contributed by atoms with E-state index >= 15 is 0 Å². The molecule has 2 aromatic heterocycles. The highest BCUT2D eigenvalue weighted by Crippen LogP contribution is 2.16. The third kappa shape index (κ3) is 1.89. The molecule has 2 rings (SSSR count). The van der Waals surface area contributed by atoms with E-state index < -0.39 is 5.97 Å². The maximum atomic E-state index is 10.4. The third-order valence-corrected chi connectivity index (χ3v) is 2.20. The van der Waals surface area contributed by atoms with Gasteiger partial charge in [0, 0.05) is 6.54 Å². The molecular formula is C8H7ClN4O2. The van der Waals surface area contributed by atoms with Crippen LogP contribution in [-0.2, 0) is 11.3 Å². The Morgan fingerprint density at radius 1 is 1.47 bits per heavy atom. The molecule has 0 aliphatic carbocycles. The van der Waals surface area contributed by atoms with E-state index in [2.05, 4.69) is 15.0 Å². The molecule has 0 aromatic carbocycles. The second-order valence-electron chi connectivity index (χ2n) is 2.92. The van der Waals surface area contributed by atoms with E-state index in [1.807, 2.05) is 0 Å². The van der Waals surface area contributed by atoms with Gasteiger partial charge in [-0.05, 0) is 0 Å². The second kappa shape index (κ2) is 3.82. The van der Waals surface area contributed by atoms with Crippen molar-refractivity contribution in [3.05, 3.63) is 17.8 Å². The van der Waals surface area contributed by atoms with Gasteiger partial charge in [-0.3, -0.25) is 4.79 Å². The lowest BCUT2D eigenvalue weighted by Crippen LogP contribution is -2.04. The fourth-order valence-electron chi connectivity index (χ4n) is 1.23. The molecule has 0 amide bonds. The predicted octanol–water partition coefficient (Wildman–Crippen LogP) is 0.954. The largest absolute Gasteiger partial charge is 0.481 e. The number of rotatable bonds is 3. The molecule has 2 heterocycles. The van der Waals surface area contributed by atoms with Crippen LogP contribution in [-0.4, -0.2) is 30.6 Å². The first-order chi connectivity index (χ1) is 7.18. The van der Waals surface area contributed by atoms with Crippen LogP contribution in [0.3, 0.4) is 0 Å². The number of hydrogen-bond acceptors (Lipinski definition) is 4. The summed E-state index contributed by atoms with van der Waals surface area (Å²) in [6, 6.07) is 0. The minimum absolute atomic E-state index is 0.0209. The number of hydrogen-bond donors (Lipinski definition) is 1. The van der Waals surface area contributed by atoms with Gasteiger partial charge in [0.1, 0.15) is 11.8 Å². The van der Waals surface area contributed by atoms with Gasteiger partial charge in [0.05, 0.1) is 12.7 Å². The molecule has 78 valence electrons. The van der Waals surface area contributed by atoms with Gasteiger partial charge >= 0.3 is 5.97 Å². The number of aryl methyl sites for hydroxylation is 1. The average molecular weight is 227 g/mol. The standard InChI is InChI=1S/C8H7ClN4O2/c9-7-6-8(11-3-10-7)13(4-12-6)2-1-5(14)15/h3-4H,1-2H2,(H,14,15). The lowest BCUT2D eigenvalue weighted by molar-refractivity contribution is -0.137. The quantitative estimate of drug-likeness (QED) is 0.789. The van der Waals surface area contributed by atoms with Gasteiger partial charge in [0.25, 0.3) is 0 Å². The van der Waals surface area contributed by atoms with Crippen molar-refractivity contribution in [1.82, 2.24) is 19.5 Å². The summed E-state index contributed by atoms with van der Waals surface area (Å²) in [6.07, 6.45) is 2.85. The number of carbonyl (C=O) groups is 1. The summed E-state index contributed by atoms with van der Waals surface area (Å²) in [5.41, 5.74) is 1.04. The zero-order valence-electron chi connectivity index (χ0n) is 7.59. The van der Waals surface area contributed by atoms with Gasteiger partial charge in [-0.2, -0.15) is 0 Å². The lowest BCUT2D eigenvalue weighted by Gasteiger charge is -1.99. The van der Waals surface area contributed by atoms with Crippen molar-refractivity contribution >= 4 is 28.7 Å². The molecule has 0 radical (unpaired) electrons. The summed E-state index contributed by atoms with van der Waals surface area (Å²) in [5.74, 6) is -0.864. The number of imidazole rings is 1. The van der Waals surface area contributed by atoms with Gasteiger partial charge < -0.3 is 9.67 Å². The highest BCUT2D eigenvalue weighted by Gasteiger charge is 2.08. The number of aliphatic carboxylic acids is 1. The van der Waals surface area contributed by atoms with E-state index in [0.717, 1.165) is 0 Å². The third-order valence-electron chi connectivity index (χ3n) is 1.92.